The summed E-state index contributed by atoms with van der Waals surface area (Å²) in [4.78, 5) is 14.0. The van der Waals surface area contributed by atoms with E-state index in [2.05, 4.69) is 5.32 Å². The van der Waals surface area contributed by atoms with E-state index in [1.807, 2.05) is 18.2 Å². The number of carbonyl (C=O) groups is 1. The van der Waals surface area contributed by atoms with E-state index < -0.39 is 0 Å². The maximum absolute atomic E-state index is 12.5. The summed E-state index contributed by atoms with van der Waals surface area (Å²) in [5, 5.41) is 21.3. The minimum absolute atomic E-state index is 0.0982. The van der Waals surface area contributed by atoms with Gasteiger partial charge in [0, 0.05) is 30.9 Å². The fraction of sp³-hybridized carbons (Fsp3) is 0.500. The number of aliphatic hydroxyl groups excluding tert-OH is 2. The normalized spacial score (nSPS) is 13.6. The molecule has 0 saturated heterocycles. The molecular formula is C14H20N2O3. The molecule has 0 radical (unpaired) electrons. The summed E-state index contributed by atoms with van der Waals surface area (Å²) in [6, 6.07) is 5.66. The first-order chi connectivity index (χ1) is 9.27. The van der Waals surface area contributed by atoms with E-state index in [1.165, 1.54) is 4.90 Å². The quantitative estimate of drug-likeness (QED) is 0.723. The van der Waals surface area contributed by atoms with E-state index in [1.54, 1.807) is 0 Å². The van der Waals surface area contributed by atoms with E-state index in [0.717, 1.165) is 30.6 Å². The predicted molar refractivity (Wildman–Crippen MR) is 73.3 cm³/mol. The number of amides is 1. The van der Waals surface area contributed by atoms with Crippen LogP contribution in [-0.2, 0) is 6.42 Å². The second kappa shape index (κ2) is 6.54. The summed E-state index contributed by atoms with van der Waals surface area (Å²) >= 11 is 0. The molecule has 0 saturated carbocycles. The molecule has 5 heteroatoms. The number of aliphatic hydroxyl groups is 2. The molecule has 0 aromatic heterocycles. The Labute approximate surface area is 112 Å². The highest BCUT2D eigenvalue weighted by atomic mass is 16.3. The van der Waals surface area contributed by atoms with Crippen molar-refractivity contribution < 1.29 is 15.0 Å². The first-order valence-electron chi connectivity index (χ1n) is 6.64. The van der Waals surface area contributed by atoms with Crippen LogP contribution in [0.3, 0.4) is 0 Å². The van der Waals surface area contributed by atoms with Crippen LogP contribution in [0.2, 0.25) is 0 Å². The van der Waals surface area contributed by atoms with Crippen LogP contribution < -0.4 is 5.32 Å². The second-order valence-corrected chi connectivity index (χ2v) is 4.60. The number of hydrogen-bond donors (Lipinski definition) is 3. The van der Waals surface area contributed by atoms with Gasteiger partial charge in [-0.3, -0.25) is 4.79 Å². The molecule has 0 bridgehead atoms. The molecule has 104 valence electrons. The summed E-state index contributed by atoms with van der Waals surface area (Å²) in [6.45, 7) is 1.23. The minimum Gasteiger partial charge on any atom is -0.395 e. The summed E-state index contributed by atoms with van der Waals surface area (Å²) in [7, 11) is 0. The van der Waals surface area contributed by atoms with Crippen LogP contribution in [0, 0.1) is 0 Å². The average Bonchev–Trinajstić information content (AvgIpc) is 2.46. The number of benzene rings is 1. The number of hydrogen-bond acceptors (Lipinski definition) is 4. The molecule has 3 N–H and O–H groups in total. The molecule has 1 aliphatic rings. The van der Waals surface area contributed by atoms with Gasteiger partial charge in [-0.1, -0.05) is 6.07 Å². The van der Waals surface area contributed by atoms with Gasteiger partial charge >= 0.3 is 0 Å². The van der Waals surface area contributed by atoms with Gasteiger partial charge in [-0.15, -0.1) is 0 Å². The molecule has 2 rings (SSSR count). The van der Waals surface area contributed by atoms with Crippen molar-refractivity contribution in [3.05, 3.63) is 29.3 Å². The highest BCUT2D eigenvalue weighted by Gasteiger charge is 2.21. The molecule has 5 nitrogen and oxygen atoms in total. The molecule has 1 aromatic carbocycles. The van der Waals surface area contributed by atoms with Gasteiger partial charge in [0.1, 0.15) is 0 Å². The highest BCUT2D eigenvalue weighted by molar-refractivity contribution is 5.97. The third-order valence-corrected chi connectivity index (χ3v) is 3.35. The van der Waals surface area contributed by atoms with Crippen LogP contribution in [-0.4, -0.2) is 53.9 Å². The largest absolute Gasteiger partial charge is 0.395 e. The number of rotatable bonds is 5. The zero-order valence-electron chi connectivity index (χ0n) is 10.9. The molecule has 19 heavy (non-hydrogen) atoms. The lowest BCUT2D eigenvalue weighted by molar-refractivity contribution is 0.0683. The fourth-order valence-corrected chi connectivity index (χ4v) is 2.44. The highest BCUT2D eigenvalue weighted by Crippen LogP contribution is 2.26. The number of fused-ring (bicyclic) bond motifs is 1. The van der Waals surface area contributed by atoms with Crippen LogP contribution in [0.5, 0.6) is 0 Å². The molecule has 1 amide bonds. The fourth-order valence-electron chi connectivity index (χ4n) is 2.44. The zero-order valence-corrected chi connectivity index (χ0v) is 10.9. The van der Waals surface area contributed by atoms with Crippen molar-refractivity contribution in [2.45, 2.75) is 12.8 Å². The molecule has 0 spiro atoms. The number of carbonyl (C=O) groups excluding carboxylic acids is 1. The number of nitrogens with one attached hydrogen (secondary N) is 1. The van der Waals surface area contributed by atoms with Crippen LogP contribution in [0.1, 0.15) is 22.3 Å². The van der Waals surface area contributed by atoms with E-state index in [-0.39, 0.29) is 32.2 Å². The molecule has 0 aliphatic carbocycles. The lowest BCUT2D eigenvalue weighted by Gasteiger charge is -2.25. The summed E-state index contributed by atoms with van der Waals surface area (Å²) in [6.07, 6.45) is 1.90. The third kappa shape index (κ3) is 3.05. The van der Waals surface area contributed by atoms with Crippen molar-refractivity contribution in [2.24, 2.45) is 0 Å². The van der Waals surface area contributed by atoms with Crippen molar-refractivity contribution in [1.29, 1.82) is 0 Å². The minimum atomic E-state index is -0.122. The molecular weight excluding hydrogens is 244 g/mol. The van der Waals surface area contributed by atoms with Gasteiger partial charge in [0.05, 0.1) is 13.2 Å². The van der Waals surface area contributed by atoms with Gasteiger partial charge in [-0.2, -0.15) is 0 Å². The smallest absolute Gasteiger partial charge is 0.254 e. The van der Waals surface area contributed by atoms with Gasteiger partial charge in [-0.25, -0.2) is 0 Å². The number of anilines is 1. The van der Waals surface area contributed by atoms with Gasteiger partial charge in [0.25, 0.3) is 5.91 Å². The molecule has 1 aromatic rings. The Kier molecular flexibility index (Phi) is 4.76. The van der Waals surface area contributed by atoms with Gasteiger partial charge in [-0.05, 0) is 30.5 Å². The van der Waals surface area contributed by atoms with E-state index in [9.17, 15) is 4.79 Å². The summed E-state index contributed by atoms with van der Waals surface area (Å²) in [5.74, 6) is -0.122. The molecule has 1 aliphatic heterocycles. The molecule has 1 heterocycles. The Morgan fingerprint density at radius 1 is 1.26 bits per heavy atom. The Hall–Kier alpha value is -1.59. The SMILES string of the molecule is O=C(c1cccc2c1CCCN2)N(CCO)CCO. The molecule has 0 atom stereocenters. The Morgan fingerprint density at radius 3 is 2.68 bits per heavy atom. The van der Waals surface area contributed by atoms with Crippen molar-refractivity contribution in [1.82, 2.24) is 4.90 Å². The van der Waals surface area contributed by atoms with Crippen molar-refractivity contribution >= 4 is 11.6 Å². The monoisotopic (exact) mass is 264 g/mol. The van der Waals surface area contributed by atoms with Crippen LogP contribution in [0.15, 0.2) is 18.2 Å². The van der Waals surface area contributed by atoms with Crippen molar-refractivity contribution in [2.75, 3.05) is 38.2 Å². The maximum atomic E-state index is 12.5. The molecule has 0 unspecified atom stereocenters. The Bertz CT molecular complexity index is 442. The summed E-state index contributed by atoms with van der Waals surface area (Å²) < 4.78 is 0. The van der Waals surface area contributed by atoms with Gasteiger partial charge < -0.3 is 20.4 Å². The summed E-state index contributed by atoms with van der Waals surface area (Å²) in [5.41, 5.74) is 2.73. The second-order valence-electron chi connectivity index (χ2n) is 4.60. The van der Waals surface area contributed by atoms with E-state index in [0.29, 0.717) is 5.56 Å². The van der Waals surface area contributed by atoms with Crippen LogP contribution >= 0.6 is 0 Å². The first-order valence-corrected chi connectivity index (χ1v) is 6.64. The average molecular weight is 264 g/mol. The first kappa shape index (κ1) is 13.8. The lowest BCUT2D eigenvalue weighted by Crippen LogP contribution is -2.36. The van der Waals surface area contributed by atoms with Gasteiger partial charge in [0.15, 0.2) is 0 Å². The van der Waals surface area contributed by atoms with Crippen LogP contribution in [0.25, 0.3) is 0 Å². The van der Waals surface area contributed by atoms with E-state index >= 15 is 0 Å². The van der Waals surface area contributed by atoms with Crippen LogP contribution in [0.4, 0.5) is 5.69 Å². The Balaban J connectivity index is 2.27. The van der Waals surface area contributed by atoms with Crippen molar-refractivity contribution in [3.63, 3.8) is 0 Å². The Morgan fingerprint density at radius 2 is 2.00 bits per heavy atom. The third-order valence-electron chi connectivity index (χ3n) is 3.35. The topological polar surface area (TPSA) is 72.8 Å². The lowest BCUT2D eigenvalue weighted by atomic mass is 9.97. The van der Waals surface area contributed by atoms with Gasteiger partial charge in [0.2, 0.25) is 0 Å². The van der Waals surface area contributed by atoms with Crippen molar-refractivity contribution in [3.8, 4) is 0 Å². The standard InChI is InChI=1S/C14H20N2O3/c17-9-7-16(8-10-18)14(19)12-3-1-5-13-11(12)4-2-6-15-13/h1,3,5,15,17-18H,2,4,6-10H2. The number of nitrogens with zero attached hydrogens (tertiary/aromatic N) is 1. The molecule has 0 fully saturated rings. The predicted octanol–water partition coefficient (Wildman–Crippen LogP) is 0.471. The maximum Gasteiger partial charge on any atom is 0.254 e. The van der Waals surface area contributed by atoms with E-state index in [4.69, 9.17) is 10.2 Å². The zero-order chi connectivity index (χ0) is 13.7.